The van der Waals surface area contributed by atoms with Gasteiger partial charge in [0, 0.05) is 40.0 Å². The minimum absolute atomic E-state index is 0. The van der Waals surface area contributed by atoms with Gasteiger partial charge in [0.15, 0.2) is 0 Å². The van der Waals surface area contributed by atoms with Crippen molar-refractivity contribution in [2.45, 2.75) is 26.7 Å². The molecule has 0 fully saturated rings. The molecule has 0 aromatic rings. The van der Waals surface area contributed by atoms with Crippen molar-refractivity contribution in [1.82, 2.24) is 5.32 Å². The number of hydrogen-bond acceptors (Lipinski definition) is 4. The molecule has 0 aliphatic carbocycles. The van der Waals surface area contributed by atoms with E-state index in [9.17, 15) is 0 Å². The van der Waals surface area contributed by atoms with E-state index in [1.54, 1.807) is 0 Å². The van der Waals surface area contributed by atoms with Crippen LogP contribution < -0.4 is 17.7 Å². The average Bonchev–Trinajstić information content (AvgIpc) is 2.37. The topological polar surface area (TPSA) is 72.7 Å². The smallest absolute Gasteiger partial charge is 0.0804 e. The minimum atomic E-state index is 0. The maximum absolute atomic E-state index is 8.60. The van der Waals surface area contributed by atoms with Crippen molar-refractivity contribution in [2.24, 2.45) is 0 Å². The molecular formula is C14H40Cl2N2O3. The summed E-state index contributed by atoms with van der Waals surface area (Å²) in [6.45, 7) is 2.71. The van der Waals surface area contributed by atoms with Crippen LogP contribution in [-0.4, -0.2) is 86.8 Å². The Balaban J connectivity index is -0.0000000500. The number of aliphatic hydroxyl groups is 3. The second-order valence-electron chi connectivity index (χ2n) is 4.80. The lowest BCUT2D eigenvalue weighted by molar-refractivity contribution is -0.890. The fourth-order valence-electron chi connectivity index (χ4n) is 1.17. The van der Waals surface area contributed by atoms with Gasteiger partial charge in [-0.2, -0.15) is 0 Å². The van der Waals surface area contributed by atoms with Crippen molar-refractivity contribution in [3.63, 3.8) is 0 Å². The Hall–Kier alpha value is 0.380. The number of nitrogens with zero attached hydrogens (tertiary/aromatic N) is 1. The van der Waals surface area contributed by atoms with Crippen LogP contribution in [0.4, 0.5) is 0 Å². The summed E-state index contributed by atoms with van der Waals surface area (Å²) < 4.78 is 0.890. The van der Waals surface area contributed by atoms with Crippen LogP contribution in [0.15, 0.2) is 0 Å². The van der Waals surface area contributed by atoms with E-state index in [0.29, 0.717) is 12.3 Å². The van der Waals surface area contributed by atoms with Gasteiger partial charge in [0.25, 0.3) is 0 Å². The standard InChI is InChI=1S/C8H20NO2.C3H7ClO.C2H7N.CH4.ClH.H2/c1-9(2,5-3-7-10)6-4-8-11;4-2-1-3-5;1-3-2;;;/h10-11H,3-8H2,1-2H3;5H,1-3H2;3H,1-2H3;1H4;2*1H/q+1;;;;;/p-1/i;;;;;1+1. The van der Waals surface area contributed by atoms with Crippen molar-refractivity contribution < 1.29 is 33.6 Å². The van der Waals surface area contributed by atoms with Gasteiger partial charge in [-0.05, 0) is 20.5 Å². The first-order chi connectivity index (χ1) is 8.95. The lowest BCUT2D eigenvalue weighted by Crippen LogP contribution is -3.00. The van der Waals surface area contributed by atoms with Crippen LogP contribution in [0.2, 0.25) is 0 Å². The highest BCUT2D eigenvalue weighted by Crippen LogP contribution is 2.00. The molecule has 0 bridgehead atoms. The van der Waals surface area contributed by atoms with Crippen molar-refractivity contribution >= 4 is 11.6 Å². The highest BCUT2D eigenvalue weighted by molar-refractivity contribution is 6.17. The second kappa shape index (κ2) is 28.5. The lowest BCUT2D eigenvalue weighted by Gasteiger charge is -2.29. The number of hydrogen-bond donors (Lipinski definition) is 4. The molecule has 0 atom stereocenters. The third-order valence-electron chi connectivity index (χ3n) is 2.13. The molecule has 21 heavy (non-hydrogen) atoms. The van der Waals surface area contributed by atoms with Crippen LogP contribution in [0.1, 0.15) is 28.1 Å². The Morgan fingerprint density at radius 3 is 1.33 bits per heavy atom. The van der Waals surface area contributed by atoms with E-state index in [4.69, 9.17) is 26.9 Å². The number of rotatable bonds is 8. The second-order valence-corrected chi connectivity index (χ2v) is 5.18. The maximum Gasteiger partial charge on any atom is 0.0804 e. The number of aliphatic hydroxyl groups excluding tert-OH is 3. The van der Waals surface area contributed by atoms with Crippen LogP contribution in [0.25, 0.3) is 0 Å². The predicted octanol–water partition coefficient (Wildman–Crippen LogP) is -1.84. The highest BCUT2D eigenvalue weighted by Gasteiger charge is 2.12. The van der Waals surface area contributed by atoms with Crippen molar-refractivity contribution in [1.29, 1.82) is 0 Å². The van der Waals surface area contributed by atoms with Gasteiger partial charge >= 0.3 is 0 Å². The van der Waals surface area contributed by atoms with Gasteiger partial charge in [-0.15, -0.1) is 11.6 Å². The Kier molecular flexibility index (Phi) is 45.0. The molecule has 0 radical (unpaired) electrons. The molecule has 0 saturated carbocycles. The number of quaternary nitrogens is 1. The van der Waals surface area contributed by atoms with Crippen LogP contribution in [0, 0.1) is 0 Å². The summed E-state index contributed by atoms with van der Waals surface area (Å²) in [5.41, 5.74) is 0. The van der Waals surface area contributed by atoms with E-state index >= 15 is 0 Å². The molecule has 0 heterocycles. The van der Waals surface area contributed by atoms with Gasteiger partial charge in [0.05, 0.1) is 27.2 Å². The van der Waals surface area contributed by atoms with Gasteiger partial charge in [-0.25, -0.2) is 0 Å². The molecule has 0 amide bonds. The molecule has 0 saturated heterocycles. The lowest BCUT2D eigenvalue weighted by atomic mass is 10.3. The first kappa shape index (κ1) is 33.1. The molecule has 0 rings (SSSR count). The molecule has 0 aliphatic rings. The van der Waals surface area contributed by atoms with Gasteiger partial charge in [0.1, 0.15) is 0 Å². The van der Waals surface area contributed by atoms with Gasteiger partial charge in [-0.1, -0.05) is 7.43 Å². The molecule has 0 unspecified atom stereocenters. The Morgan fingerprint density at radius 2 is 1.19 bits per heavy atom. The average molecular weight is 356 g/mol. The third-order valence-corrected chi connectivity index (χ3v) is 2.40. The molecule has 5 nitrogen and oxygen atoms in total. The molecule has 0 aliphatic heterocycles. The van der Waals surface area contributed by atoms with Crippen molar-refractivity contribution in [3.05, 3.63) is 0 Å². The summed E-state index contributed by atoms with van der Waals surface area (Å²) in [7, 11) is 7.98. The quantitative estimate of drug-likeness (QED) is 0.305. The molecule has 4 N–H and O–H groups in total. The van der Waals surface area contributed by atoms with Gasteiger partial charge < -0.3 is 37.5 Å². The molecule has 0 aromatic heterocycles. The van der Waals surface area contributed by atoms with E-state index in [1.165, 1.54) is 0 Å². The Morgan fingerprint density at radius 1 is 0.905 bits per heavy atom. The van der Waals surface area contributed by atoms with E-state index in [2.05, 4.69) is 19.4 Å². The zero-order chi connectivity index (χ0) is 15.6. The fourth-order valence-corrected chi connectivity index (χ4v) is 1.29. The van der Waals surface area contributed by atoms with Crippen LogP contribution >= 0.6 is 11.6 Å². The summed E-state index contributed by atoms with van der Waals surface area (Å²) >= 11 is 5.14. The molecule has 0 aromatic carbocycles. The molecular weight excluding hydrogens is 315 g/mol. The molecule has 138 valence electrons. The van der Waals surface area contributed by atoms with Crippen molar-refractivity contribution in [3.8, 4) is 0 Å². The maximum atomic E-state index is 8.60. The van der Waals surface area contributed by atoms with E-state index in [1.807, 2.05) is 14.1 Å². The monoisotopic (exact) mass is 355 g/mol. The summed E-state index contributed by atoms with van der Waals surface area (Å²) in [5, 5.41) is 27.9. The fraction of sp³-hybridized carbons (Fsp3) is 1.00. The summed E-state index contributed by atoms with van der Waals surface area (Å²) in [5.74, 6) is 0.566. The SMILES string of the molecule is C.CNC.C[N+](C)(CCCO)CCCO.OCCCCl.[2HH].[Cl-]. The zero-order valence-electron chi connectivity index (χ0n) is 13.4. The van der Waals surface area contributed by atoms with E-state index in [0.717, 1.165) is 30.4 Å². The minimum Gasteiger partial charge on any atom is -1.00 e. The van der Waals surface area contributed by atoms with Crippen LogP contribution in [0.3, 0.4) is 0 Å². The number of halogens is 2. The first-order valence-corrected chi connectivity index (χ1v) is 7.28. The van der Waals surface area contributed by atoms with Gasteiger partial charge in [0.2, 0.25) is 0 Å². The normalized spacial score (nSPS) is 9.14. The summed E-state index contributed by atoms with van der Waals surface area (Å²) in [6.07, 6.45) is 2.40. The van der Waals surface area contributed by atoms with Gasteiger partial charge in [-0.3, -0.25) is 0 Å². The van der Waals surface area contributed by atoms with E-state index < -0.39 is 0 Å². The zero-order valence-corrected chi connectivity index (χ0v) is 14.9. The van der Waals surface area contributed by atoms with Crippen molar-refractivity contribution in [2.75, 3.05) is 67.0 Å². The largest absolute Gasteiger partial charge is 1.00 e. The van der Waals surface area contributed by atoms with Crippen LogP contribution in [-0.2, 0) is 0 Å². The van der Waals surface area contributed by atoms with E-state index in [-0.39, 0.29) is 41.1 Å². The highest BCUT2D eigenvalue weighted by atomic mass is 35.5. The van der Waals surface area contributed by atoms with Crippen LogP contribution in [0.5, 0.6) is 0 Å². The summed E-state index contributed by atoms with van der Waals surface area (Å²) in [4.78, 5) is 0. The third kappa shape index (κ3) is 44.9. The summed E-state index contributed by atoms with van der Waals surface area (Å²) in [6, 6.07) is 0. The first-order valence-electron chi connectivity index (χ1n) is 6.74. The molecule has 0 spiro atoms. The Bertz CT molecular complexity index is 148. The number of alkyl halides is 1. The number of nitrogens with one attached hydrogen (secondary N) is 1. The molecule has 7 heteroatoms. The Labute approximate surface area is 144 Å². The predicted molar refractivity (Wildman–Crippen MR) is 91.5 cm³/mol.